The number of methoxy groups -OCH3 is 1. The maximum atomic E-state index is 13.2. The Kier molecular flexibility index (Phi) is 4.50. The van der Waals surface area contributed by atoms with Crippen molar-refractivity contribution in [3.05, 3.63) is 24.1 Å². The lowest BCUT2D eigenvalue weighted by molar-refractivity contribution is -0.276. The molecule has 0 aliphatic carbocycles. The van der Waals surface area contributed by atoms with Crippen LogP contribution in [0.15, 0.2) is 27.5 Å². The predicted octanol–water partition coefficient (Wildman–Crippen LogP) is 2.28. The van der Waals surface area contributed by atoms with Crippen LogP contribution in [0.4, 0.5) is 18.9 Å². The second kappa shape index (κ2) is 6.30. The smallest absolute Gasteiger partial charge is 0.417 e. The van der Waals surface area contributed by atoms with Gasteiger partial charge >= 0.3 is 6.18 Å². The number of nitrogens with one attached hydrogen (secondary N) is 1. The Balaban J connectivity index is 2.05. The SMILES string of the molecule is COC(C)(c1nnc(-c2ccc3c(c2)NC(=O)CCS3(=O)=O)o1)C(F)(F)F. The van der Waals surface area contributed by atoms with Crippen molar-refractivity contribution < 1.29 is 35.5 Å². The van der Waals surface area contributed by atoms with Crippen LogP contribution in [0.25, 0.3) is 11.5 Å². The van der Waals surface area contributed by atoms with E-state index in [-0.39, 0.29) is 34.2 Å². The van der Waals surface area contributed by atoms with Gasteiger partial charge in [-0.3, -0.25) is 4.79 Å². The number of amides is 1. The molecule has 2 heterocycles. The summed E-state index contributed by atoms with van der Waals surface area (Å²) in [5.41, 5.74) is -2.66. The molecule has 0 radical (unpaired) electrons. The van der Waals surface area contributed by atoms with E-state index in [1.165, 1.54) is 18.2 Å². The lowest BCUT2D eigenvalue weighted by Gasteiger charge is -2.26. The zero-order chi connectivity index (χ0) is 20.0. The molecule has 1 unspecified atom stereocenters. The molecule has 12 heteroatoms. The van der Waals surface area contributed by atoms with E-state index in [1.54, 1.807) is 0 Å². The molecular formula is C15H14F3N3O5S. The van der Waals surface area contributed by atoms with Crippen LogP contribution in [0, 0.1) is 0 Å². The Labute approximate surface area is 151 Å². The highest BCUT2D eigenvalue weighted by Crippen LogP contribution is 2.41. The molecule has 1 aliphatic heterocycles. The van der Waals surface area contributed by atoms with Gasteiger partial charge in [0.2, 0.25) is 17.4 Å². The fourth-order valence-electron chi connectivity index (χ4n) is 2.44. The highest BCUT2D eigenvalue weighted by Gasteiger charge is 2.57. The summed E-state index contributed by atoms with van der Waals surface area (Å²) in [7, 11) is -2.81. The Morgan fingerprint density at radius 3 is 2.59 bits per heavy atom. The number of halogens is 3. The van der Waals surface area contributed by atoms with Crippen LogP contribution in [-0.2, 0) is 25.0 Å². The zero-order valence-corrected chi connectivity index (χ0v) is 14.9. The van der Waals surface area contributed by atoms with Crippen LogP contribution in [0.3, 0.4) is 0 Å². The molecule has 0 bridgehead atoms. The molecule has 0 saturated carbocycles. The van der Waals surface area contributed by atoms with Crippen molar-refractivity contribution in [2.75, 3.05) is 18.2 Å². The fourth-order valence-corrected chi connectivity index (χ4v) is 3.83. The van der Waals surface area contributed by atoms with Gasteiger partial charge in [-0.2, -0.15) is 13.2 Å². The third-order valence-electron chi connectivity index (χ3n) is 4.22. The van der Waals surface area contributed by atoms with E-state index in [4.69, 9.17) is 4.42 Å². The Morgan fingerprint density at radius 2 is 1.96 bits per heavy atom. The summed E-state index contributed by atoms with van der Waals surface area (Å²) in [6.07, 6.45) is -5.00. The molecule has 1 N–H and O–H groups in total. The molecular weight excluding hydrogens is 391 g/mol. The highest BCUT2D eigenvalue weighted by molar-refractivity contribution is 7.91. The standard InChI is InChI=1S/C15H14F3N3O5S/c1-14(25-2,15(16,17)18)13-21-20-12(26-13)8-3-4-10-9(7-8)19-11(22)5-6-27(10,23)24/h3-4,7H,5-6H2,1-2H3,(H,19,22). The molecule has 1 amide bonds. The summed E-state index contributed by atoms with van der Waals surface area (Å²) >= 11 is 0. The molecule has 146 valence electrons. The quantitative estimate of drug-likeness (QED) is 0.834. The first-order valence-electron chi connectivity index (χ1n) is 7.61. The Morgan fingerprint density at radius 1 is 1.26 bits per heavy atom. The molecule has 3 rings (SSSR count). The van der Waals surface area contributed by atoms with Crippen molar-refractivity contribution in [1.82, 2.24) is 10.2 Å². The molecule has 0 fully saturated rings. The van der Waals surface area contributed by atoms with Gasteiger partial charge < -0.3 is 14.5 Å². The van der Waals surface area contributed by atoms with E-state index in [0.29, 0.717) is 0 Å². The number of sulfone groups is 1. The predicted molar refractivity (Wildman–Crippen MR) is 85.4 cm³/mol. The van der Waals surface area contributed by atoms with Crippen LogP contribution >= 0.6 is 0 Å². The fraction of sp³-hybridized carbons (Fsp3) is 0.400. The largest absolute Gasteiger partial charge is 0.426 e. The van der Waals surface area contributed by atoms with Crippen LogP contribution in [0.1, 0.15) is 19.2 Å². The third-order valence-corrected chi connectivity index (χ3v) is 5.98. The lowest BCUT2D eigenvalue weighted by Crippen LogP contribution is -2.41. The first-order chi connectivity index (χ1) is 12.5. The van der Waals surface area contributed by atoms with Gasteiger partial charge in [-0.15, -0.1) is 10.2 Å². The number of fused-ring (bicyclic) bond motifs is 1. The van der Waals surface area contributed by atoms with Crippen molar-refractivity contribution in [1.29, 1.82) is 0 Å². The summed E-state index contributed by atoms with van der Waals surface area (Å²) in [6.45, 7) is 0.744. The minimum Gasteiger partial charge on any atom is -0.417 e. The van der Waals surface area contributed by atoms with E-state index in [9.17, 15) is 26.4 Å². The van der Waals surface area contributed by atoms with Crippen LogP contribution in [0.2, 0.25) is 0 Å². The molecule has 1 aromatic heterocycles. The number of carbonyl (C=O) groups excluding carboxylic acids is 1. The van der Waals surface area contributed by atoms with Gasteiger partial charge in [0.15, 0.2) is 9.84 Å². The normalized spacial score (nSPS) is 18.9. The van der Waals surface area contributed by atoms with Crippen molar-refractivity contribution in [3.8, 4) is 11.5 Å². The average Bonchev–Trinajstić information content (AvgIpc) is 3.04. The van der Waals surface area contributed by atoms with Gasteiger partial charge in [-0.25, -0.2) is 8.42 Å². The Hall–Kier alpha value is -2.47. The molecule has 0 saturated heterocycles. The summed E-state index contributed by atoms with van der Waals surface area (Å²) in [4.78, 5) is 11.6. The average molecular weight is 405 g/mol. The first-order valence-corrected chi connectivity index (χ1v) is 9.26. The van der Waals surface area contributed by atoms with Crippen molar-refractivity contribution >= 4 is 21.4 Å². The number of hydrogen-bond acceptors (Lipinski definition) is 7. The van der Waals surface area contributed by atoms with Crippen LogP contribution in [0.5, 0.6) is 0 Å². The number of carbonyl (C=O) groups is 1. The molecule has 0 spiro atoms. The topological polar surface area (TPSA) is 111 Å². The van der Waals surface area contributed by atoms with Gasteiger partial charge in [0.25, 0.3) is 5.89 Å². The van der Waals surface area contributed by atoms with E-state index in [2.05, 4.69) is 20.3 Å². The minimum absolute atomic E-state index is 0.0000691. The Bertz CT molecular complexity index is 1000. The zero-order valence-electron chi connectivity index (χ0n) is 14.1. The maximum absolute atomic E-state index is 13.2. The van der Waals surface area contributed by atoms with Crippen molar-refractivity contribution in [2.45, 2.75) is 30.0 Å². The molecule has 2 aromatic rings. The number of ether oxygens (including phenoxy) is 1. The summed E-state index contributed by atoms with van der Waals surface area (Å²) in [5, 5.41) is 9.44. The number of benzene rings is 1. The summed E-state index contributed by atoms with van der Waals surface area (Å²) < 4.78 is 73.7. The van der Waals surface area contributed by atoms with E-state index in [1.807, 2.05) is 0 Å². The summed E-state index contributed by atoms with van der Waals surface area (Å²) in [5.74, 6) is -1.92. The number of nitrogens with zero attached hydrogens (tertiary/aromatic N) is 2. The molecule has 1 aromatic carbocycles. The van der Waals surface area contributed by atoms with Gasteiger partial charge in [0, 0.05) is 19.1 Å². The van der Waals surface area contributed by atoms with E-state index < -0.39 is 33.4 Å². The van der Waals surface area contributed by atoms with E-state index >= 15 is 0 Å². The number of rotatable bonds is 3. The lowest BCUT2D eigenvalue weighted by atomic mass is 10.1. The molecule has 1 atom stereocenters. The second-order valence-electron chi connectivity index (χ2n) is 5.98. The highest BCUT2D eigenvalue weighted by atomic mass is 32.2. The monoisotopic (exact) mass is 405 g/mol. The van der Waals surface area contributed by atoms with Crippen molar-refractivity contribution in [2.24, 2.45) is 0 Å². The second-order valence-corrected chi connectivity index (χ2v) is 8.05. The van der Waals surface area contributed by atoms with Gasteiger partial charge in [-0.05, 0) is 25.1 Å². The maximum Gasteiger partial charge on any atom is 0.426 e. The molecule has 1 aliphatic rings. The van der Waals surface area contributed by atoms with Gasteiger partial charge in [-0.1, -0.05) is 0 Å². The van der Waals surface area contributed by atoms with Crippen molar-refractivity contribution in [3.63, 3.8) is 0 Å². The third kappa shape index (κ3) is 3.30. The van der Waals surface area contributed by atoms with E-state index in [0.717, 1.165) is 14.0 Å². The van der Waals surface area contributed by atoms with Gasteiger partial charge in [0.05, 0.1) is 16.3 Å². The first kappa shape index (κ1) is 19.3. The number of anilines is 1. The molecule has 27 heavy (non-hydrogen) atoms. The molecule has 8 nitrogen and oxygen atoms in total. The number of alkyl halides is 3. The van der Waals surface area contributed by atoms with Gasteiger partial charge in [0.1, 0.15) is 0 Å². The van der Waals surface area contributed by atoms with Crippen LogP contribution in [-0.4, -0.2) is 43.6 Å². The minimum atomic E-state index is -4.80. The number of aromatic nitrogens is 2. The number of hydrogen-bond donors (Lipinski definition) is 1. The summed E-state index contributed by atoms with van der Waals surface area (Å²) in [6, 6.07) is 3.79. The van der Waals surface area contributed by atoms with Crippen LogP contribution < -0.4 is 5.32 Å².